The lowest BCUT2D eigenvalue weighted by atomic mass is 9.90. The highest BCUT2D eigenvalue weighted by atomic mass is 16.5. The van der Waals surface area contributed by atoms with Crippen LogP contribution in [0.3, 0.4) is 0 Å². The normalized spacial score (nSPS) is 18.7. The lowest BCUT2D eigenvalue weighted by molar-refractivity contribution is -0.152. The topological polar surface area (TPSA) is 179 Å². The van der Waals surface area contributed by atoms with Crippen molar-refractivity contribution in [3.8, 4) is 11.8 Å². The molecule has 3 amide bonds. The predicted molar refractivity (Wildman–Crippen MR) is 151 cm³/mol. The van der Waals surface area contributed by atoms with Crippen LogP contribution < -0.4 is 20.7 Å². The van der Waals surface area contributed by atoms with Crippen LogP contribution in [0.2, 0.25) is 0 Å². The summed E-state index contributed by atoms with van der Waals surface area (Å²) >= 11 is 0. The van der Waals surface area contributed by atoms with E-state index in [4.69, 9.17) is 9.47 Å². The summed E-state index contributed by atoms with van der Waals surface area (Å²) in [6, 6.07) is 6.82. The number of rotatable bonds is 13. The van der Waals surface area contributed by atoms with Gasteiger partial charge in [-0.15, -0.1) is 0 Å². The third kappa shape index (κ3) is 7.08. The summed E-state index contributed by atoms with van der Waals surface area (Å²) in [6.45, 7) is 3.70. The zero-order valence-electron chi connectivity index (χ0n) is 24.1. The van der Waals surface area contributed by atoms with Gasteiger partial charge in [0.2, 0.25) is 11.8 Å². The quantitative estimate of drug-likeness (QED) is 0.261. The number of ketones is 1. The van der Waals surface area contributed by atoms with Crippen molar-refractivity contribution in [2.24, 2.45) is 17.3 Å². The maximum atomic E-state index is 13.6. The number of methoxy groups -OCH3 is 1. The number of carbonyl (C=O) groups is 5. The van der Waals surface area contributed by atoms with Crippen LogP contribution in [0.5, 0.6) is 5.75 Å². The standard InChI is InChI=1S/C30H37N5O7/c1-17(2)12-22(35-28(39)23-14-19-20(33-23)7-4-8-25(19)41-3)27(38)34-21(13-18-6-5-11-32-26(18)37)24(36)15-42-29(40)30(16-31)9-10-30/h4,7-8,14,17-18,21-22,33H,5-6,9-13,15H2,1-3H3,(H,32,37)(H,34,38)(H,35,39)/t18-,21-,22-/m0/s1. The summed E-state index contributed by atoms with van der Waals surface area (Å²) in [5.41, 5.74) is -0.276. The Hall–Kier alpha value is -4.40. The molecule has 2 heterocycles. The predicted octanol–water partition coefficient (Wildman–Crippen LogP) is 2.14. The van der Waals surface area contributed by atoms with Gasteiger partial charge in [-0.3, -0.25) is 24.0 Å². The minimum atomic E-state index is -1.21. The van der Waals surface area contributed by atoms with Crippen molar-refractivity contribution in [1.29, 1.82) is 5.26 Å². The number of aromatic amines is 1. The van der Waals surface area contributed by atoms with Gasteiger partial charge in [-0.25, -0.2) is 0 Å². The average molecular weight is 580 g/mol. The highest BCUT2D eigenvalue weighted by Gasteiger charge is 2.52. The van der Waals surface area contributed by atoms with Crippen LogP contribution >= 0.6 is 0 Å². The second-order valence-electron chi connectivity index (χ2n) is 11.4. The molecule has 2 fully saturated rings. The molecule has 224 valence electrons. The first-order valence-electron chi connectivity index (χ1n) is 14.2. The molecule has 0 bridgehead atoms. The number of Topliss-reactive ketones (excluding diaryl/α,β-unsaturated/α-hetero) is 1. The number of ether oxygens (including phenoxy) is 2. The van der Waals surface area contributed by atoms with Gasteiger partial charge in [0.15, 0.2) is 17.8 Å². The average Bonchev–Trinajstić information content (AvgIpc) is 3.65. The molecule has 1 aromatic heterocycles. The first-order valence-corrected chi connectivity index (χ1v) is 14.2. The zero-order chi connectivity index (χ0) is 30.4. The molecule has 4 N–H and O–H groups in total. The Labute approximate surface area is 243 Å². The van der Waals surface area contributed by atoms with Crippen LogP contribution in [-0.4, -0.2) is 66.8 Å². The maximum absolute atomic E-state index is 13.6. The van der Waals surface area contributed by atoms with Gasteiger partial charge in [0.25, 0.3) is 5.91 Å². The molecule has 1 saturated heterocycles. The fraction of sp³-hybridized carbons (Fsp3) is 0.533. The number of nitrogens with one attached hydrogen (secondary N) is 4. The van der Waals surface area contributed by atoms with E-state index < -0.39 is 53.6 Å². The highest BCUT2D eigenvalue weighted by Crippen LogP contribution is 2.45. The summed E-state index contributed by atoms with van der Waals surface area (Å²) in [5, 5.41) is 18.2. The van der Waals surface area contributed by atoms with Crippen molar-refractivity contribution < 1.29 is 33.4 Å². The molecule has 1 saturated carbocycles. The van der Waals surface area contributed by atoms with E-state index in [2.05, 4.69) is 20.9 Å². The number of hydrogen-bond donors (Lipinski definition) is 4. The molecule has 1 aromatic carbocycles. The molecule has 0 unspecified atom stereocenters. The van der Waals surface area contributed by atoms with E-state index in [0.717, 1.165) is 6.42 Å². The number of amides is 3. The maximum Gasteiger partial charge on any atom is 0.326 e. The van der Waals surface area contributed by atoms with Crippen molar-refractivity contribution in [2.45, 2.75) is 64.5 Å². The molecule has 0 radical (unpaired) electrons. The number of hydrogen-bond acceptors (Lipinski definition) is 8. The molecule has 1 aliphatic heterocycles. The number of fused-ring (bicyclic) bond motifs is 1. The fourth-order valence-electron chi connectivity index (χ4n) is 5.12. The second-order valence-corrected chi connectivity index (χ2v) is 11.4. The van der Waals surface area contributed by atoms with E-state index in [-0.39, 0.29) is 30.4 Å². The van der Waals surface area contributed by atoms with E-state index in [9.17, 15) is 29.2 Å². The third-order valence-corrected chi connectivity index (χ3v) is 7.74. The molecule has 42 heavy (non-hydrogen) atoms. The number of benzene rings is 1. The molecular formula is C30H37N5O7. The zero-order valence-corrected chi connectivity index (χ0v) is 24.1. The van der Waals surface area contributed by atoms with E-state index in [0.29, 0.717) is 42.5 Å². The number of piperidine rings is 1. The van der Waals surface area contributed by atoms with Crippen LogP contribution in [0, 0.1) is 28.6 Å². The van der Waals surface area contributed by atoms with Gasteiger partial charge in [0, 0.05) is 23.4 Å². The number of esters is 1. The summed E-state index contributed by atoms with van der Waals surface area (Å²) in [6.07, 6.45) is 2.32. The summed E-state index contributed by atoms with van der Waals surface area (Å²) in [7, 11) is 1.54. The number of aromatic nitrogens is 1. The molecule has 0 spiro atoms. The molecule has 2 aromatic rings. The minimum absolute atomic E-state index is 0.0154. The lowest BCUT2D eigenvalue weighted by Gasteiger charge is -2.28. The molecule has 2 aliphatic rings. The summed E-state index contributed by atoms with van der Waals surface area (Å²) in [5.74, 6) is -2.59. The van der Waals surface area contributed by atoms with Crippen molar-refractivity contribution in [3.05, 3.63) is 30.0 Å². The molecule has 12 nitrogen and oxygen atoms in total. The van der Waals surface area contributed by atoms with E-state index >= 15 is 0 Å². The van der Waals surface area contributed by atoms with E-state index in [1.165, 1.54) is 7.11 Å². The molecule has 4 rings (SSSR count). The molecule has 3 atom stereocenters. The van der Waals surface area contributed by atoms with Gasteiger partial charge in [-0.1, -0.05) is 19.9 Å². The molecular weight excluding hydrogens is 542 g/mol. The number of carbonyl (C=O) groups excluding carboxylic acids is 5. The monoisotopic (exact) mass is 579 g/mol. The van der Waals surface area contributed by atoms with Gasteiger partial charge in [-0.05, 0) is 62.6 Å². The van der Waals surface area contributed by atoms with Crippen LogP contribution in [0.1, 0.15) is 62.9 Å². The van der Waals surface area contributed by atoms with E-state index in [1.807, 2.05) is 19.9 Å². The van der Waals surface area contributed by atoms with Crippen LogP contribution in [0.15, 0.2) is 24.3 Å². The van der Waals surface area contributed by atoms with Crippen molar-refractivity contribution >= 4 is 40.4 Å². The summed E-state index contributed by atoms with van der Waals surface area (Å²) < 4.78 is 10.5. The van der Waals surface area contributed by atoms with Gasteiger partial charge >= 0.3 is 5.97 Å². The largest absolute Gasteiger partial charge is 0.496 e. The minimum Gasteiger partial charge on any atom is -0.496 e. The van der Waals surface area contributed by atoms with Crippen molar-refractivity contribution in [2.75, 3.05) is 20.3 Å². The Morgan fingerprint density at radius 3 is 2.57 bits per heavy atom. The Bertz CT molecular complexity index is 1400. The second kappa shape index (κ2) is 13.1. The third-order valence-electron chi connectivity index (χ3n) is 7.74. The Kier molecular flexibility index (Phi) is 9.50. The Balaban J connectivity index is 1.49. The van der Waals surface area contributed by atoms with Gasteiger partial charge in [-0.2, -0.15) is 5.26 Å². The number of nitriles is 1. The summed E-state index contributed by atoms with van der Waals surface area (Å²) in [4.78, 5) is 67.8. The first kappa shape index (κ1) is 30.6. The lowest BCUT2D eigenvalue weighted by Crippen LogP contribution is -2.54. The molecule has 1 aliphatic carbocycles. The number of nitrogens with zero attached hydrogens (tertiary/aromatic N) is 1. The number of H-pyrrole nitrogens is 1. The first-order chi connectivity index (χ1) is 20.1. The van der Waals surface area contributed by atoms with Crippen LogP contribution in [-0.2, 0) is 23.9 Å². The van der Waals surface area contributed by atoms with Gasteiger partial charge in [0.1, 0.15) is 17.5 Å². The Morgan fingerprint density at radius 2 is 1.93 bits per heavy atom. The van der Waals surface area contributed by atoms with Crippen LogP contribution in [0.25, 0.3) is 10.9 Å². The van der Waals surface area contributed by atoms with Crippen LogP contribution in [0.4, 0.5) is 0 Å². The van der Waals surface area contributed by atoms with Gasteiger partial charge in [0.05, 0.1) is 19.2 Å². The Morgan fingerprint density at radius 1 is 1.17 bits per heavy atom. The highest BCUT2D eigenvalue weighted by molar-refractivity contribution is 6.02. The van der Waals surface area contributed by atoms with Gasteiger partial charge < -0.3 is 30.4 Å². The van der Waals surface area contributed by atoms with Crippen molar-refractivity contribution in [3.63, 3.8) is 0 Å². The SMILES string of the molecule is COc1cccc2[nH]c(C(=O)N[C@@H](CC(C)C)C(=O)N[C@@H](C[C@@H]3CCCNC3=O)C(=O)COC(=O)C3(C#N)CC3)cc12. The molecule has 12 heteroatoms. The van der Waals surface area contributed by atoms with E-state index in [1.54, 1.807) is 24.3 Å². The smallest absolute Gasteiger partial charge is 0.326 e. The van der Waals surface area contributed by atoms with Crippen molar-refractivity contribution in [1.82, 2.24) is 20.9 Å². The fourth-order valence-corrected chi connectivity index (χ4v) is 5.12.